The van der Waals surface area contributed by atoms with Crippen LogP contribution in [0.2, 0.25) is 0 Å². The summed E-state index contributed by atoms with van der Waals surface area (Å²) < 4.78 is 0. The highest BCUT2D eigenvalue weighted by Gasteiger charge is 2.52. The van der Waals surface area contributed by atoms with Crippen molar-refractivity contribution in [1.82, 2.24) is 0 Å². The van der Waals surface area contributed by atoms with E-state index in [1.54, 1.807) is 6.21 Å². The van der Waals surface area contributed by atoms with Gasteiger partial charge in [-0.25, -0.2) is 0 Å². The average Bonchev–Trinajstić information content (AvgIpc) is 2.75. The number of aliphatic hydroxyl groups is 1. The SMILES string of the molecule is CC(C)CCCCC1CC[C@H]2[C@@H](O)CCC[C@]12/C=N/O. The molecule has 0 aromatic rings. The third kappa shape index (κ3) is 3.19. The van der Waals surface area contributed by atoms with Crippen molar-refractivity contribution in [3.8, 4) is 0 Å². The van der Waals surface area contributed by atoms with Crippen LogP contribution in [0.5, 0.6) is 0 Å². The summed E-state index contributed by atoms with van der Waals surface area (Å²) in [4.78, 5) is 0. The highest BCUT2D eigenvalue weighted by atomic mass is 16.4. The number of oxime groups is 1. The smallest absolute Gasteiger partial charge is 0.0577 e. The summed E-state index contributed by atoms with van der Waals surface area (Å²) in [5.41, 5.74) is -0.0236. The molecule has 2 aliphatic carbocycles. The highest BCUT2D eigenvalue weighted by molar-refractivity contribution is 5.67. The Morgan fingerprint density at radius 3 is 2.75 bits per heavy atom. The number of hydrogen-bond acceptors (Lipinski definition) is 3. The van der Waals surface area contributed by atoms with Crippen LogP contribution in [0.1, 0.15) is 71.6 Å². The molecule has 0 aliphatic heterocycles. The van der Waals surface area contributed by atoms with Crippen molar-refractivity contribution in [1.29, 1.82) is 0 Å². The quantitative estimate of drug-likeness (QED) is 0.331. The molecule has 0 spiro atoms. The Balaban J connectivity index is 1.97. The maximum atomic E-state index is 10.3. The molecule has 2 aliphatic rings. The lowest BCUT2D eigenvalue weighted by molar-refractivity contribution is 0.0104. The lowest BCUT2D eigenvalue weighted by Crippen LogP contribution is -2.43. The summed E-state index contributed by atoms with van der Waals surface area (Å²) in [7, 11) is 0. The first-order chi connectivity index (χ1) is 9.60. The lowest BCUT2D eigenvalue weighted by atomic mass is 9.63. The van der Waals surface area contributed by atoms with Gasteiger partial charge in [0.2, 0.25) is 0 Å². The number of rotatable bonds is 6. The van der Waals surface area contributed by atoms with Crippen LogP contribution in [0.15, 0.2) is 5.16 Å². The molecule has 3 heteroatoms. The van der Waals surface area contributed by atoms with Gasteiger partial charge in [-0.1, -0.05) is 33.1 Å². The van der Waals surface area contributed by atoms with Crippen LogP contribution in [0.3, 0.4) is 0 Å². The lowest BCUT2D eigenvalue weighted by Gasteiger charge is -2.43. The first kappa shape index (κ1) is 15.8. The van der Waals surface area contributed by atoms with Gasteiger partial charge in [-0.05, 0) is 56.3 Å². The fraction of sp³-hybridized carbons (Fsp3) is 0.941. The van der Waals surface area contributed by atoms with Crippen LogP contribution in [0, 0.1) is 23.2 Å². The zero-order chi connectivity index (χ0) is 14.6. The summed E-state index contributed by atoms with van der Waals surface area (Å²) in [6.45, 7) is 4.56. The molecule has 20 heavy (non-hydrogen) atoms. The minimum atomic E-state index is -0.192. The molecule has 0 heterocycles. The number of fused-ring (bicyclic) bond motifs is 1. The van der Waals surface area contributed by atoms with Crippen molar-refractivity contribution in [2.45, 2.75) is 77.7 Å². The van der Waals surface area contributed by atoms with Crippen molar-refractivity contribution >= 4 is 6.21 Å². The van der Waals surface area contributed by atoms with Gasteiger partial charge in [0, 0.05) is 5.41 Å². The molecule has 2 fully saturated rings. The van der Waals surface area contributed by atoms with E-state index in [-0.39, 0.29) is 11.5 Å². The fourth-order valence-electron chi connectivity index (χ4n) is 4.71. The van der Waals surface area contributed by atoms with E-state index in [0.29, 0.717) is 11.8 Å². The van der Waals surface area contributed by atoms with E-state index < -0.39 is 0 Å². The van der Waals surface area contributed by atoms with Gasteiger partial charge in [-0.15, -0.1) is 5.16 Å². The molecule has 3 nitrogen and oxygen atoms in total. The molecule has 0 aromatic carbocycles. The van der Waals surface area contributed by atoms with E-state index >= 15 is 0 Å². The van der Waals surface area contributed by atoms with E-state index in [0.717, 1.165) is 31.6 Å². The van der Waals surface area contributed by atoms with Gasteiger partial charge in [0.05, 0.1) is 12.3 Å². The van der Waals surface area contributed by atoms with Gasteiger partial charge in [0.25, 0.3) is 0 Å². The third-order valence-corrected chi connectivity index (χ3v) is 5.73. The average molecular weight is 281 g/mol. The van der Waals surface area contributed by atoms with Crippen LogP contribution in [0.25, 0.3) is 0 Å². The number of nitrogens with zero attached hydrogens (tertiary/aromatic N) is 1. The van der Waals surface area contributed by atoms with Gasteiger partial charge >= 0.3 is 0 Å². The molecule has 116 valence electrons. The second-order valence-corrected chi connectivity index (χ2v) is 7.38. The summed E-state index contributed by atoms with van der Waals surface area (Å²) in [6.07, 6.45) is 12.0. The highest BCUT2D eigenvalue weighted by Crippen LogP contribution is 2.56. The Bertz CT molecular complexity index is 329. The second kappa shape index (κ2) is 6.93. The first-order valence-corrected chi connectivity index (χ1v) is 8.47. The van der Waals surface area contributed by atoms with Crippen molar-refractivity contribution in [2.24, 2.45) is 28.3 Å². The first-order valence-electron chi connectivity index (χ1n) is 8.47. The van der Waals surface area contributed by atoms with E-state index in [1.165, 1.54) is 32.1 Å². The molecule has 0 amide bonds. The predicted octanol–water partition coefficient (Wildman–Crippen LogP) is 4.22. The molecule has 0 bridgehead atoms. The summed E-state index contributed by atoms with van der Waals surface area (Å²) in [5, 5.41) is 22.8. The second-order valence-electron chi connectivity index (χ2n) is 7.38. The van der Waals surface area contributed by atoms with Gasteiger partial charge in [0.15, 0.2) is 0 Å². The minimum absolute atomic E-state index is 0.0236. The number of aliphatic hydroxyl groups excluding tert-OH is 1. The minimum Gasteiger partial charge on any atom is -0.411 e. The third-order valence-electron chi connectivity index (χ3n) is 5.73. The molecule has 0 aromatic heterocycles. The summed E-state index contributed by atoms with van der Waals surface area (Å²) in [5.74, 6) is 1.71. The van der Waals surface area contributed by atoms with E-state index in [1.807, 2.05) is 0 Å². The monoisotopic (exact) mass is 281 g/mol. The largest absolute Gasteiger partial charge is 0.411 e. The van der Waals surface area contributed by atoms with Crippen LogP contribution in [-0.2, 0) is 0 Å². The zero-order valence-electron chi connectivity index (χ0n) is 13.1. The Labute approximate surface area is 123 Å². The Morgan fingerprint density at radius 1 is 1.25 bits per heavy atom. The van der Waals surface area contributed by atoms with Gasteiger partial charge < -0.3 is 10.3 Å². The molecular weight excluding hydrogens is 250 g/mol. The Morgan fingerprint density at radius 2 is 2.05 bits per heavy atom. The molecule has 2 saturated carbocycles. The molecule has 0 radical (unpaired) electrons. The van der Waals surface area contributed by atoms with Crippen molar-refractivity contribution in [3.05, 3.63) is 0 Å². The molecule has 2 rings (SSSR count). The van der Waals surface area contributed by atoms with Gasteiger partial charge in [0.1, 0.15) is 0 Å². The van der Waals surface area contributed by atoms with Crippen molar-refractivity contribution < 1.29 is 10.3 Å². The van der Waals surface area contributed by atoms with Crippen LogP contribution < -0.4 is 0 Å². The summed E-state index contributed by atoms with van der Waals surface area (Å²) >= 11 is 0. The fourth-order valence-corrected chi connectivity index (χ4v) is 4.71. The number of unbranched alkanes of at least 4 members (excludes halogenated alkanes) is 1. The Kier molecular flexibility index (Phi) is 5.48. The van der Waals surface area contributed by atoms with E-state index in [4.69, 9.17) is 5.21 Å². The summed E-state index contributed by atoms with van der Waals surface area (Å²) in [6, 6.07) is 0. The van der Waals surface area contributed by atoms with Crippen LogP contribution in [-0.4, -0.2) is 22.6 Å². The van der Waals surface area contributed by atoms with Crippen molar-refractivity contribution in [2.75, 3.05) is 0 Å². The predicted molar refractivity (Wildman–Crippen MR) is 82.1 cm³/mol. The maximum absolute atomic E-state index is 10.3. The van der Waals surface area contributed by atoms with E-state index in [9.17, 15) is 5.11 Å². The standard InChI is InChI=1S/C17H31NO2/c1-13(2)6-3-4-7-14-9-10-15-16(19)8-5-11-17(14,15)12-18-20/h12-16,19-20H,3-11H2,1-2H3/b18-12+/t14?,15-,16-,17-/m0/s1. The van der Waals surface area contributed by atoms with Gasteiger partial charge in [-0.3, -0.25) is 0 Å². The van der Waals surface area contributed by atoms with E-state index in [2.05, 4.69) is 19.0 Å². The molecule has 1 unspecified atom stereocenters. The zero-order valence-corrected chi connectivity index (χ0v) is 13.1. The molecular formula is C17H31NO2. The number of hydrogen-bond donors (Lipinski definition) is 2. The molecule has 0 saturated heterocycles. The van der Waals surface area contributed by atoms with Crippen LogP contribution >= 0.6 is 0 Å². The molecule has 4 atom stereocenters. The Hall–Kier alpha value is -0.570. The molecule has 2 N–H and O–H groups in total. The van der Waals surface area contributed by atoms with Gasteiger partial charge in [-0.2, -0.15) is 0 Å². The van der Waals surface area contributed by atoms with Crippen molar-refractivity contribution in [3.63, 3.8) is 0 Å². The normalized spacial score (nSPS) is 37.7. The maximum Gasteiger partial charge on any atom is 0.0577 e. The topological polar surface area (TPSA) is 52.8 Å². The van der Waals surface area contributed by atoms with Crippen LogP contribution in [0.4, 0.5) is 0 Å².